The highest BCUT2D eigenvalue weighted by atomic mass is 16.6. The summed E-state index contributed by atoms with van der Waals surface area (Å²) in [5.41, 5.74) is 3.67. The molecule has 0 aliphatic heterocycles. The second-order valence-corrected chi connectivity index (χ2v) is 10.5. The topological polar surface area (TPSA) is 87.7 Å². The Morgan fingerprint density at radius 1 is 1.06 bits per heavy atom. The summed E-state index contributed by atoms with van der Waals surface area (Å²) in [5, 5.41) is 5.60. The Bertz CT molecular complexity index is 1110. The highest BCUT2D eigenvalue weighted by Gasteiger charge is 2.46. The van der Waals surface area contributed by atoms with Crippen LogP contribution < -0.4 is 10.6 Å². The second kappa shape index (κ2) is 10.5. The van der Waals surface area contributed by atoms with Crippen LogP contribution >= 0.6 is 0 Å². The van der Waals surface area contributed by atoms with Crippen molar-refractivity contribution in [2.24, 2.45) is 5.92 Å². The Morgan fingerprint density at radius 3 is 2.31 bits per heavy atom. The van der Waals surface area contributed by atoms with Crippen LogP contribution in [0.25, 0.3) is 0 Å². The minimum Gasteiger partial charge on any atom is -0.444 e. The van der Waals surface area contributed by atoms with E-state index in [-0.39, 0.29) is 30.3 Å². The number of hydrogen-bond acceptors (Lipinski definition) is 4. The van der Waals surface area contributed by atoms with Gasteiger partial charge in [-0.15, -0.1) is 0 Å². The third-order valence-corrected chi connectivity index (χ3v) is 6.15. The van der Waals surface area contributed by atoms with Crippen molar-refractivity contribution in [1.82, 2.24) is 10.2 Å². The number of rotatable bonds is 7. The highest BCUT2D eigenvalue weighted by molar-refractivity contribution is 5.99. The number of alkyl carbamates (subject to hydrolysis) is 1. The van der Waals surface area contributed by atoms with Crippen molar-refractivity contribution in [3.63, 3.8) is 0 Å². The lowest BCUT2D eigenvalue weighted by Gasteiger charge is -2.33. The summed E-state index contributed by atoms with van der Waals surface area (Å²) >= 11 is 0. The first kappa shape index (κ1) is 26.3. The molecule has 3 amide bonds. The molecule has 0 spiro atoms. The van der Waals surface area contributed by atoms with Crippen LogP contribution in [-0.4, -0.2) is 41.0 Å². The summed E-state index contributed by atoms with van der Waals surface area (Å²) < 4.78 is 5.28. The van der Waals surface area contributed by atoms with Gasteiger partial charge < -0.3 is 20.3 Å². The fourth-order valence-corrected chi connectivity index (χ4v) is 4.15. The van der Waals surface area contributed by atoms with Crippen LogP contribution in [0.5, 0.6) is 0 Å². The summed E-state index contributed by atoms with van der Waals surface area (Å²) in [7, 11) is 0. The molecule has 0 aromatic heterocycles. The number of nitrogens with zero attached hydrogens (tertiary/aromatic N) is 1. The molecule has 1 fully saturated rings. The fraction of sp³-hybridized carbons (Fsp3) is 0.464. The number of anilines is 1. The van der Waals surface area contributed by atoms with Crippen molar-refractivity contribution in [1.29, 1.82) is 0 Å². The number of benzene rings is 2. The minimum absolute atomic E-state index is 0.0875. The van der Waals surface area contributed by atoms with Gasteiger partial charge in [-0.3, -0.25) is 9.59 Å². The monoisotopic (exact) mass is 479 g/mol. The molecule has 0 bridgehead atoms. The van der Waals surface area contributed by atoms with Crippen molar-refractivity contribution in [3.05, 3.63) is 64.7 Å². The van der Waals surface area contributed by atoms with E-state index in [0.717, 1.165) is 28.7 Å². The summed E-state index contributed by atoms with van der Waals surface area (Å²) in [6.45, 7) is 12.9. The van der Waals surface area contributed by atoms with Gasteiger partial charge >= 0.3 is 6.09 Å². The van der Waals surface area contributed by atoms with Crippen molar-refractivity contribution in [3.8, 4) is 0 Å². The van der Waals surface area contributed by atoms with E-state index in [9.17, 15) is 14.4 Å². The normalized spacial score (nSPS) is 17.8. The summed E-state index contributed by atoms with van der Waals surface area (Å²) in [5.74, 6) is -0.340. The van der Waals surface area contributed by atoms with Gasteiger partial charge in [-0.2, -0.15) is 0 Å². The first-order valence-electron chi connectivity index (χ1n) is 12.1. The van der Waals surface area contributed by atoms with Crippen LogP contribution in [0, 0.1) is 26.7 Å². The molecular formula is C28H37N3O4. The van der Waals surface area contributed by atoms with Crippen LogP contribution in [0.2, 0.25) is 0 Å². The smallest absolute Gasteiger partial charge is 0.408 e. The lowest BCUT2D eigenvalue weighted by atomic mass is 9.96. The van der Waals surface area contributed by atoms with Crippen LogP contribution in [0.4, 0.5) is 10.5 Å². The quantitative estimate of drug-likeness (QED) is 0.582. The standard InChI is InChI=1S/C28H37N3O4/c1-17-12-13-18(2)21(14-17)25(26(33)30-22-11-9-8-10-19(22)3)31(23-15-20(23)4)24(32)16-29-27(34)35-28(5,6)7/h8-14,20,23,25H,15-16H2,1-7H3,(H,29,34)(H,30,33). The Balaban J connectivity index is 1.95. The number of hydrogen-bond donors (Lipinski definition) is 2. The zero-order valence-electron chi connectivity index (χ0n) is 21.8. The van der Waals surface area contributed by atoms with E-state index in [4.69, 9.17) is 4.74 Å². The van der Waals surface area contributed by atoms with E-state index in [0.29, 0.717) is 5.69 Å². The Kier molecular flexibility index (Phi) is 7.88. The van der Waals surface area contributed by atoms with Crippen LogP contribution in [0.1, 0.15) is 62.4 Å². The van der Waals surface area contributed by atoms with E-state index in [1.165, 1.54) is 0 Å². The zero-order valence-corrected chi connectivity index (χ0v) is 21.8. The first-order chi connectivity index (χ1) is 16.4. The second-order valence-electron chi connectivity index (χ2n) is 10.5. The third-order valence-electron chi connectivity index (χ3n) is 6.15. The number of ether oxygens (including phenoxy) is 1. The number of carbonyl (C=O) groups is 3. The third kappa shape index (κ3) is 6.84. The Hall–Kier alpha value is -3.35. The van der Waals surface area contributed by atoms with Crippen molar-refractivity contribution in [2.75, 3.05) is 11.9 Å². The van der Waals surface area contributed by atoms with Gasteiger partial charge in [0.15, 0.2) is 0 Å². The molecule has 0 heterocycles. The van der Waals surface area contributed by atoms with Gasteiger partial charge in [0.25, 0.3) is 5.91 Å². The van der Waals surface area contributed by atoms with E-state index in [2.05, 4.69) is 17.6 Å². The predicted molar refractivity (Wildman–Crippen MR) is 137 cm³/mol. The van der Waals surface area contributed by atoms with Gasteiger partial charge in [0.1, 0.15) is 18.2 Å². The van der Waals surface area contributed by atoms with Crippen LogP contribution in [-0.2, 0) is 14.3 Å². The number of para-hydroxylation sites is 1. The maximum Gasteiger partial charge on any atom is 0.408 e. The lowest BCUT2D eigenvalue weighted by Crippen LogP contribution is -2.48. The highest BCUT2D eigenvalue weighted by Crippen LogP contribution is 2.41. The first-order valence-corrected chi connectivity index (χ1v) is 12.1. The van der Waals surface area contributed by atoms with Crippen molar-refractivity contribution in [2.45, 2.75) is 72.6 Å². The molecule has 3 atom stereocenters. The molecule has 7 heteroatoms. The summed E-state index contributed by atoms with van der Waals surface area (Å²) in [6.07, 6.45) is 0.138. The number of nitrogens with one attached hydrogen (secondary N) is 2. The van der Waals surface area contributed by atoms with E-state index in [1.807, 2.05) is 63.2 Å². The molecule has 35 heavy (non-hydrogen) atoms. The van der Waals surface area contributed by atoms with Crippen LogP contribution in [0.3, 0.4) is 0 Å². The number of carbonyl (C=O) groups excluding carboxylic acids is 3. The largest absolute Gasteiger partial charge is 0.444 e. The average molecular weight is 480 g/mol. The molecule has 2 aromatic rings. The average Bonchev–Trinajstić information content (AvgIpc) is 3.48. The van der Waals surface area contributed by atoms with Gasteiger partial charge in [0.05, 0.1) is 0 Å². The molecule has 2 aromatic carbocycles. The predicted octanol–water partition coefficient (Wildman–Crippen LogP) is 5.05. The molecule has 3 rings (SSSR count). The molecule has 7 nitrogen and oxygen atoms in total. The maximum absolute atomic E-state index is 13.8. The van der Waals surface area contributed by atoms with E-state index in [1.54, 1.807) is 25.7 Å². The van der Waals surface area contributed by atoms with Gasteiger partial charge in [-0.1, -0.05) is 48.9 Å². The molecule has 188 valence electrons. The zero-order chi connectivity index (χ0) is 25.9. The maximum atomic E-state index is 13.8. The SMILES string of the molecule is Cc1ccc(C)c(C(C(=O)Nc2ccccc2C)N(C(=O)CNC(=O)OC(C)(C)C)C2CC2C)c1. The van der Waals surface area contributed by atoms with Gasteiger partial charge in [-0.25, -0.2) is 4.79 Å². The van der Waals surface area contributed by atoms with E-state index < -0.39 is 17.7 Å². The lowest BCUT2D eigenvalue weighted by molar-refractivity contribution is -0.139. The Morgan fingerprint density at radius 2 is 1.71 bits per heavy atom. The summed E-state index contributed by atoms with van der Waals surface area (Å²) in [6, 6.07) is 12.6. The summed E-state index contributed by atoms with van der Waals surface area (Å²) in [4.78, 5) is 41.2. The molecule has 0 radical (unpaired) electrons. The molecular weight excluding hydrogens is 442 g/mol. The fourth-order valence-electron chi connectivity index (χ4n) is 4.15. The van der Waals surface area contributed by atoms with Crippen LogP contribution in [0.15, 0.2) is 42.5 Å². The van der Waals surface area contributed by atoms with Crippen molar-refractivity contribution < 1.29 is 19.1 Å². The number of aryl methyl sites for hydroxylation is 3. The molecule has 1 saturated carbocycles. The molecule has 2 N–H and O–H groups in total. The van der Waals surface area contributed by atoms with Gasteiger partial charge in [0, 0.05) is 11.7 Å². The van der Waals surface area contributed by atoms with Crippen molar-refractivity contribution >= 4 is 23.6 Å². The van der Waals surface area contributed by atoms with Gasteiger partial charge in [-0.05, 0) is 76.6 Å². The Labute approximate surface area is 208 Å². The van der Waals surface area contributed by atoms with Gasteiger partial charge in [0.2, 0.25) is 5.91 Å². The van der Waals surface area contributed by atoms with E-state index >= 15 is 0 Å². The molecule has 3 unspecified atom stereocenters. The molecule has 1 aliphatic carbocycles. The number of amides is 3. The molecule has 1 aliphatic rings. The molecule has 0 saturated heterocycles. The minimum atomic E-state index is -0.836.